The molecule has 1 saturated heterocycles. The molecule has 2 heteroatoms. The highest BCUT2D eigenvalue weighted by atomic mass is 16.5. The van der Waals surface area contributed by atoms with Crippen LogP contribution in [0.25, 0.3) is 0 Å². The molecule has 2 rings (SSSR count). The van der Waals surface area contributed by atoms with Gasteiger partial charge in [-0.1, -0.05) is 24.3 Å². The molecule has 0 aliphatic carbocycles. The van der Waals surface area contributed by atoms with E-state index in [1.807, 2.05) is 0 Å². The number of hydrogen-bond acceptors (Lipinski definition) is 2. The van der Waals surface area contributed by atoms with Crippen LogP contribution in [0.3, 0.4) is 0 Å². The molecule has 88 valence electrons. The molecule has 0 spiro atoms. The van der Waals surface area contributed by atoms with Crippen LogP contribution in [-0.2, 0) is 11.2 Å². The fourth-order valence-electron chi connectivity index (χ4n) is 2.50. The zero-order valence-corrected chi connectivity index (χ0v) is 10.0. The van der Waals surface area contributed by atoms with Gasteiger partial charge in [0.1, 0.15) is 0 Å². The maximum Gasteiger partial charge on any atom is 0.0537 e. The van der Waals surface area contributed by atoms with Gasteiger partial charge in [-0.15, -0.1) is 0 Å². The lowest BCUT2D eigenvalue weighted by atomic mass is 9.76. The number of rotatable bonds is 3. The van der Waals surface area contributed by atoms with Crippen LogP contribution in [0.2, 0.25) is 0 Å². The Balaban J connectivity index is 2.15. The highest BCUT2D eigenvalue weighted by molar-refractivity contribution is 5.27. The molecular formula is C14H21NO. The van der Waals surface area contributed by atoms with E-state index in [0.717, 1.165) is 32.6 Å². The molecule has 0 bridgehead atoms. The summed E-state index contributed by atoms with van der Waals surface area (Å²) in [6, 6.07) is 8.58. The van der Waals surface area contributed by atoms with E-state index in [4.69, 9.17) is 10.5 Å². The largest absolute Gasteiger partial charge is 0.381 e. The van der Waals surface area contributed by atoms with Crippen molar-refractivity contribution in [2.75, 3.05) is 19.8 Å². The highest BCUT2D eigenvalue weighted by Gasteiger charge is 2.31. The van der Waals surface area contributed by atoms with Crippen LogP contribution < -0.4 is 5.73 Å². The zero-order chi connectivity index (χ0) is 11.4. The van der Waals surface area contributed by atoms with Gasteiger partial charge in [0.25, 0.3) is 0 Å². The molecule has 1 fully saturated rings. The summed E-state index contributed by atoms with van der Waals surface area (Å²) in [5, 5.41) is 0. The molecular weight excluding hydrogens is 198 g/mol. The summed E-state index contributed by atoms with van der Waals surface area (Å²) in [4.78, 5) is 0. The minimum Gasteiger partial charge on any atom is -0.381 e. The average molecular weight is 219 g/mol. The van der Waals surface area contributed by atoms with Crippen molar-refractivity contribution in [2.24, 2.45) is 11.1 Å². The van der Waals surface area contributed by atoms with E-state index in [1.54, 1.807) is 0 Å². The van der Waals surface area contributed by atoms with E-state index in [2.05, 4.69) is 31.2 Å². The van der Waals surface area contributed by atoms with Gasteiger partial charge < -0.3 is 10.5 Å². The van der Waals surface area contributed by atoms with Crippen molar-refractivity contribution in [1.29, 1.82) is 0 Å². The highest BCUT2D eigenvalue weighted by Crippen LogP contribution is 2.32. The van der Waals surface area contributed by atoms with Crippen LogP contribution >= 0.6 is 0 Å². The van der Waals surface area contributed by atoms with Crippen LogP contribution in [-0.4, -0.2) is 19.8 Å². The molecule has 1 heterocycles. The van der Waals surface area contributed by atoms with Crippen molar-refractivity contribution in [1.82, 2.24) is 0 Å². The predicted octanol–water partition coefficient (Wildman–Crippen LogP) is 2.29. The van der Waals surface area contributed by atoms with Crippen molar-refractivity contribution < 1.29 is 4.74 Å². The van der Waals surface area contributed by atoms with Gasteiger partial charge in [0.15, 0.2) is 0 Å². The lowest BCUT2D eigenvalue weighted by Gasteiger charge is -2.36. The summed E-state index contributed by atoms with van der Waals surface area (Å²) in [6.07, 6.45) is 3.39. The van der Waals surface area contributed by atoms with Gasteiger partial charge in [-0.05, 0) is 37.3 Å². The summed E-state index contributed by atoms with van der Waals surface area (Å²) >= 11 is 0. The van der Waals surface area contributed by atoms with E-state index in [9.17, 15) is 0 Å². The molecule has 2 N–H and O–H groups in total. The summed E-state index contributed by atoms with van der Waals surface area (Å²) in [7, 11) is 0. The summed E-state index contributed by atoms with van der Waals surface area (Å²) in [5.41, 5.74) is 8.90. The van der Waals surface area contributed by atoms with E-state index in [0.29, 0.717) is 0 Å². The maximum absolute atomic E-state index is 5.96. The molecule has 1 atom stereocenters. The second-order valence-corrected chi connectivity index (χ2v) is 4.96. The predicted molar refractivity (Wildman–Crippen MR) is 66.4 cm³/mol. The molecule has 1 aliphatic rings. The SMILES string of the molecule is Cc1ccccc1CC1(CN)CCCOC1. The Morgan fingerprint density at radius 3 is 2.81 bits per heavy atom. The lowest BCUT2D eigenvalue weighted by molar-refractivity contribution is -0.00270. The van der Waals surface area contributed by atoms with Crippen molar-refractivity contribution in [3.05, 3.63) is 35.4 Å². The summed E-state index contributed by atoms with van der Waals surface area (Å²) in [6.45, 7) is 4.61. The van der Waals surface area contributed by atoms with Gasteiger partial charge in [-0.2, -0.15) is 0 Å². The standard InChI is InChI=1S/C14H21NO/c1-12-5-2-3-6-13(12)9-14(10-15)7-4-8-16-11-14/h2-3,5-6H,4,7-11,15H2,1H3. The number of ether oxygens (including phenoxy) is 1. The molecule has 1 aromatic rings. The van der Waals surface area contributed by atoms with Gasteiger partial charge in [-0.25, -0.2) is 0 Å². The number of hydrogen-bond donors (Lipinski definition) is 1. The van der Waals surface area contributed by atoms with Crippen molar-refractivity contribution in [3.63, 3.8) is 0 Å². The monoisotopic (exact) mass is 219 g/mol. The number of nitrogens with two attached hydrogens (primary N) is 1. The summed E-state index contributed by atoms with van der Waals surface area (Å²) in [5.74, 6) is 0. The Morgan fingerprint density at radius 2 is 2.19 bits per heavy atom. The quantitative estimate of drug-likeness (QED) is 0.846. The lowest BCUT2D eigenvalue weighted by Crippen LogP contribution is -2.40. The van der Waals surface area contributed by atoms with Crippen molar-refractivity contribution in [3.8, 4) is 0 Å². The molecule has 16 heavy (non-hydrogen) atoms. The zero-order valence-electron chi connectivity index (χ0n) is 10.0. The molecule has 2 nitrogen and oxygen atoms in total. The van der Waals surface area contributed by atoms with Crippen molar-refractivity contribution in [2.45, 2.75) is 26.2 Å². The molecule has 0 saturated carbocycles. The fourth-order valence-corrected chi connectivity index (χ4v) is 2.50. The fraction of sp³-hybridized carbons (Fsp3) is 0.571. The van der Waals surface area contributed by atoms with E-state index in [-0.39, 0.29) is 5.41 Å². The van der Waals surface area contributed by atoms with Gasteiger partial charge >= 0.3 is 0 Å². The van der Waals surface area contributed by atoms with Crippen LogP contribution in [0, 0.1) is 12.3 Å². The maximum atomic E-state index is 5.96. The Morgan fingerprint density at radius 1 is 1.38 bits per heavy atom. The topological polar surface area (TPSA) is 35.2 Å². The van der Waals surface area contributed by atoms with E-state index in [1.165, 1.54) is 17.5 Å². The van der Waals surface area contributed by atoms with Gasteiger partial charge in [-0.3, -0.25) is 0 Å². The van der Waals surface area contributed by atoms with Crippen LogP contribution in [0.4, 0.5) is 0 Å². The normalized spacial score (nSPS) is 25.6. The average Bonchev–Trinajstić information content (AvgIpc) is 2.33. The minimum absolute atomic E-state index is 0.171. The first-order valence-electron chi connectivity index (χ1n) is 6.08. The number of benzene rings is 1. The third-order valence-corrected chi connectivity index (χ3v) is 3.66. The van der Waals surface area contributed by atoms with E-state index < -0.39 is 0 Å². The smallest absolute Gasteiger partial charge is 0.0537 e. The van der Waals surface area contributed by atoms with Gasteiger partial charge in [0.2, 0.25) is 0 Å². The first-order valence-corrected chi connectivity index (χ1v) is 6.08. The third kappa shape index (κ3) is 2.45. The molecule has 0 amide bonds. The second kappa shape index (κ2) is 4.98. The molecule has 1 unspecified atom stereocenters. The number of aryl methyl sites for hydroxylation is 1. The molecule has 1 aromatic carbocycles. The van der Waals surface area contributed by atoms with Crippen LogP contribution in [0.15, 0.2) is 24.3 Å². The molecule has 0 aromatic heterocycles. The minimum atomic E-state index is 0.171. The summed E-state index contributed by atoms with van der Waals surface area (Å²) < 4.78 is 5.61. The Hall–Kier alpha value is -0.860. The van der Waals surface area contributed by atoms with E-state index >= 15 is 0 Å². The van der Waals surface area contributed by atoms with Gasteiger partial charge in [0, 0.05) is 18.6 Å². The van der Waals surface area contributed by atoms with Crippen LogP contribution in [0.5, 0.6) is 0 Å². The molecule has 1 aliphatic heterocycles. The third-order valence-electron chi connectivity index (χ3n) is 3.66. The first kappa shape index (κ1) is 11.6. The Labute approximate surface area is 97.8 Å². The van der Waals surface area contributed by atoms with Crippen molar-refractivity contribution >= 4 is 0 Å². The van der Waals surface area contributed by atoms with Gasteiger partial charge in [0.05, 0.1) is 6.61 Å². The Kier molecular flexibility index (Phi) is 3.62. The molecule has 0 radical (unpaired) electrons. The Bertz CT molecular complexity index is 342. The first-order chi connectivity index (χ1) is 7.76. The van der Waals surface area contributed by atoms with Crippen LogP contribution in [0.1, 0.15) is 24.0 Å². The second-order valence-electron chi connectivity index (χ2n) is 4.96.